The molecule has 0 N–H and O–H groups in total. The smallest absolute Gasteiger partial charge is 0.367 e. The predicted octanol–water partition coefficient (Wildman–Crippen LogP) is 6.75. The highest BCUT2D eigenvalue weighted by atomic mass is 35.5. The lowest BCUT2D eigenvalue weighted by Gasteiger charge is -2.34. The van der Waals surface area contributed by atoms with Crippen LogP contribution < -0.4 is 9.80 Å². The summed E-state index contributed by atoms with van der Waals surface area (Å²) in [6.07, 6.45) is 0.704. The molecule has 2 aromatic heterocycles. The molecule has 5 rings (SSSR count). The van der Waals surface area contributed by atoms with Crippen LogP contribution in [0.4, 0.5) is 24.8 Å². The van der Waals surface area contributed by atoms with Gasteiger partial charge in [-0.2, -0.15) is 18.0 Å². The van der Waals surface area contributed by atoms with Crippen LogP contribution in [-0.4, -0.2) is 31.7 Å². The molecule has 1 aliphatic heterocycles. The van der Waals surface area contributed by atoms with Gasteiger partial charge in [-0.05, 0) is 103 Å². The van der Waals surface area contributed by atoms with Crippen molar-refractivity contribution in [3.63, 3.8) is 0 Å². The minimum absolute atomic E-state index is 0.0315. The molecule has 210 valence electrons. The molecule has 0 saturated heterocycles. The van der Waals surface area contributed by atoms with E-state index >= 15 is 0 Å². The summed E-state index contributed by atoms with van der Waals surface area (Å²) in [5.74, 6) is 0.352. The highest BCUT2D eigenvalue weighted by Gasteiger charge is 2.34. The van der Waals surface area contributed by atoms with Gasteiger partial charge < -0.3 is 9.80 Å². The largest absolute Gasteiger partial charge is 0.416 e. The van der Waals surface area contributed by atoms with Gasteiger partial charge in [-0.15, -0.1) is 5.10 Å². The van der Waals surface area contributed by atoms with Crippen LogP contribution in [-0.2, 0) is 26.3 Å². The summed E-state index contributed by atoms with van der Waals surface area (Å²) in [6, 6.07) is 9.71. The second kappa shape index (κ2) is 11.1. The quantitative estimate of drug-likeness (QED) is 0.256. The highest BCUT2D eigenvalue weighted by Crippen LogP contribution is 2.43. The standard InChI is InChI=1S/C29H31ClF3N7/c1-18-12-25-26(6-5-11-39(27(25)20(3)19(18)2)16-21-7-9-34-10-8-21)40(28-35-37-38(4)36-28)17-22-13-23(29(31,32)33)15-24(30)14-22/h7-10,12-15,26H,5-6,11,16-17H2,1-4H3/t26-/m0/s1. The molecule has 1 atom stereocenters. The average Bonchev–Trinajstić information content (AvgIpc) is 3.25. The van der Waals surface area contributed by atoms with Crippen LogP contribution in [0.3, 0.4) is 0 Å². The van der Waals surface area contributed by atoms with Gasteiger partial charge in [0.05, 0.1) is 18.7 Å². The number of alkyl halides is 3. The molecular weight excluding hydrogens is 539 g/mol. The summed E-state index contributed by atoms with van der Waals surface area (Å²) < 4.78 is 40.9. The maximum atomic E-state index is 13.6. The van der Waals surface area contributed by atoms with Crippen molar-refractivity contribution in [2.24, 2.45) is 7.05 Å². The van der Waals surface area contributed by atoms with E-state index in [2.05, 4.69) is 52.1 Å². The second-order valence-electron chi connectivity index (χ2n) is 10.4. The highest BCUT2D eigenvalue weighted by molar-refractivity contribution is 6.30. The van der Waals surface area contributed by atoms with Crippen molar-refractivity contribution in [1.29, 1.82) is 0 Å². The van der Waals surface area contributed by atoms with Crippen LogP contribution in [0.25, 0.3) is 0 Å². The normalized spacial score (nSPS) is 15.6. The van der Waals surface area contributed by atoms with E-state index in [1.807, 2.05) is 17.0 Å². The lowest BCUT2D eigenvalue weighted by molar-refractivity contribution is -0.137. The molecule has 3 heterocycles. The summed E-state index contributed by atoms with van der Waals surface area (Å²) in [5, 5.41) is 12.8. The van der Waals surface area contributed by atoms with Crippen LogP contribution >= 0.6 is 11.6 Å². The maximum Gasteiger partial charge on any atom is 0.416 e. The first kappa shape index (κ1) is 27.9. The number of rotatable bonds is 6. The first-order chi connectivity index (χ1) is 19.0. The Morgan fingerprint density at radius 2 is 1.77 bits per heavy atom. The summed E-state index contributed by atoms with van der Waals surface area (Å²) in [5.41, 5.74) is 6.58. The maximum absolute atomic E-state index is 13.6. The van der Waals surface area contributed by atoms with Crippen molar-refractivity contribution in [1.82, 2.24) is 25.2 Å². The minimum atomic E-state index is -4.51. The molecule has 11 heteroatoms. The fourth-order valence-corrected chi connectivity index (χ4v) is 5.78. The number of nitrogens with zero attached hydrogens (tertiary/aromatic N) is 7. The molecule has 40 heavy (non-hydrogen) atoms. The van der Waals surface area contributed by atoms with E-state index in [-0.39, 0.29) is 17.6 Å². The van der Waals surface area contributed by atoms with Gasteiger partial charge in [0, 0.05) is 42.7 Å². The van der Waals surface area contributed by atoms with Gasteiger partial charge in [0.2, 0.25) is 0 Å². The monoisotopic (exact) mass is 569 g/mol. The van der Waals surface area contributed by atoms with Crippen molar-refractivity contribution in [2.75, 3.05) is 16.3 Å². The van der Waals surface area contributed by atoms with Gasteiger partial charge in [0.1, 0.15) is 0 Å². The Bertz CT molecular complexity index is 1500. The van der Waals surface area contributed by atoms with E-state index < -0.39 is 11.7 Å². The zero-order valence-electron chi connectivity index (χ0n) is 22.9. The Morgan fingerprint density at radius 1 is 1.02 bits per heavy atom. The molecule has 0 amide bonds. The average molecular weight is 570 g/mol. The second-order valence-corrected chi connectivity index (χ2v) is 10.8. The van der Waals surface area contributed by atoms with Gasteiger partial charge >= 0.3 is 6.18 Å². The number of pyridine rings is 1. The Morgan fingerprint density at radius 3 is 2.45 bits per heavy atom. The van der Waals surface area contributed by atoms with Gasteiger partial charge in [-0.3, -0.25) is 4.98 Å². The molecule has 2 aromatic carbocycles. The SMILES string of the molecule is Cc1cc2c(c(C)c1C)N(Cc1ccncc1)CCC[C@@H]2N(Cc1cc(Cl)cc(C(F)(F)F)c1)c1nnn(C)n1. The molecule has 0 radical (unpaired) electrons. The number of aryl methyl sites for hydroxylation is 2. The molecule has 0 fully saturated rings. The first-order valence-corrected chi connectivity index (χ1v) is 13.5. The van der Waals surface area contributed by atoms with Gasteiger partial charge in [-0.1, -0.05) is 22.8 Å². The van der Waals surface area contributed by atoms with E-state index in [0.29, 0.717) is 11.5 Å². The first-order valence-electron chi connectivity index (χ1n) is 13.1. The van der Waals surface area contributed by atoms with E-state index in [4.69, 9.17) is 11.6 Å². The summed E-state index contributed by atoms with van der Waals surface area (Å²) in [7, 11) is 1.67. The molecule has 0 bridgehead atoms. The van der Waals surface area contributed by atoms with Crippen molar-refractivity contribution >= 4 is 23.2 Å². The van der Waals surface area contributed by atoms with Crippen molar-refractivity contribution in [3.8, 4) is 0 Å². The number of hydrogen-bond acceptors (Lipinski definition) is 6. The van der Waals surface area contributed by atoms with Crippen molar-refractivity contribution < 1.29 is 13.2 Å². The number of anilines is 2. The van der Waals surface area contributed by atoms with Crippen LogP contribution in [0.15, 0.2) is 48.8 Å². The van der Waals surface area contributed by atoms with Crippen LogP contribution in [0.1, 0.15) is 57.8 Å². The molecule has 1 aliphatic rings. The molecule has 0 aliphatic carbocycles. The lowest BCUT2D eigenvalue weighted by atomic mass is 9.91. The Kier molecular flexibility index (Phi) is 7.72. The summed E-state index contributed by atoms with van der Waals surface area (Å²) in [6.45, 7) is 8.04. The van der Waals surface area contributed by atoms with Crippen LogP contribution in [0, 0.1) is 20.8 Å². The van der Waals surface area contributed by atoms with Crippen LogP contribution in [0.5, 0.6) is 0 Å². The molecule has 0 spiro atoms. The number of fused-ring (bicyclic) bond motifs is 1. The number of hydrogen-bond donors (Lipinski definition) is 0. The fraction of sp³-hybridized carbons (Fsp3) is 0.379. The topological polar surface area (TPSA) is 63.0 Å². The van der Waals surface area contributed by atoms with Crippen molar-refractivity contribution in [2.45, 2.75) is 58.9 Å². The van der Waals surface area contributed by atoms with E-state index in [1.54, 1.807) is 25.5 Å². The Hall–Kier alpha value is -3.66. The third-order valence-corrected chi connectivity index (χ3v) is 7.85. The molecule has 7 nitrogen and oxygen atoms in total. The molecule has 0 saturated carbocycles. The molecule has 4 aromatic rings. The zero-order valence-corrected chi connectivity index (χ0v) is 23.6. The number of benzene rings is 2. The predicted molar refractivity (Wildman–Crippen MR) is 149 cm³/mol. The van der Waals surface area contributed by atoms with E-state index in [0.717, 1.165) is 60.4 Å². The number of aromatic nitrogens is 5. The third kappa shape index (κ3) is 5.77. The van der Waals surface area contributed by atoms with Gasteiger partial charge in [0.15, 0.2) is 0 Å². The van der Waals surface area contributed by atoms with Gasteiger partial charge in [-0.25, -0.2) is 0 Å². The number of tetrazole rings is 1. The number of halogens is 4. The van der Waals surface area contributed by atoms with Gasteiger partial charge in [0.25, 0.3) is 5.95 Å². The van der Waals surface area contributed by atoms with Crippen LogP contribution in [0.2, 0.25) is 5.02 Å². The Labute approximate surface area is 236 Å². The lowest BCUT2D eigenvalue weighted by Crippen LogP contribution is -2.30. The van der Waals surface area contributed by atoms with E-state index in [9.17, 15) is 13.2 Å². The molecule has 0 unspecified atom stereocenters. The minimum Gasteiger partial charge on any atom is -0.367 e. The zero-order chi connectivity index (χ0) is 28.6. The van der Waals surface area contributed by atoms with Crippen molar-refractivity contribution in [3.05, 3.63) is 92.8 Å². The third-order valence-electron chi connectivity index (χ3n) is 7.63. The molecular formula is C29H31ClF3N7. The summed E-state index contributed by atoms with van der Waals surface area (Å²) >= 11 is 6.16. The van der Waals surface area contributed by atoms with E-state index in [1.165, 1.54) is 15.9 Å². The fourth-order valence-electron chi connectivity index (χ4n) is 5.52. The Balaban J connectivity index is 1.63. The summed E-state index contributed by atoms with van der Waals surface area (Å²) in [4.78, 5) is 9.88.